The van der Waals surface area contributed by atoms with Crippen molar-refractivity contribution < 1.29 is 14.3 Å². The van der Waals surface area contributed by atoms with E-state index in [4.69, 9.17) is 16.3 Å². The molecule has 0 atom stereocenters. The lowest BCUT2D eigenvalue weighted by Crippen LogP contribution is -2.36. The number of anilines is 2. The van der Waals surface area contributed by atoms with Crippen LogP contribution in [0.5, 0.6) is 5.75 Å². The van der Waals surface area contributed by atoms with Crippen molar-refractivity contribution in [1.82, 2.24) is 0 Å². The number of hydrogen-bond donors (Lipinski definition) is 0. The Labute approximate surface area is 165 Å². The number of carbonyl (C=O) groups excluding carboxylic acids is 2. The SMILES string of the molecule is CCN(C(=O)CCN(C(C)=O)c1ccc(OC)c(Cl)c1)c1cccc(C)c1. The van der Waals surface area contributed by atoms with Gasteiger partial charge in [0.2, 0.25) is 11.8 Å². The summed E-state index contributed by atoms with van der Waals surface area (Å²) in [6.45, 7) is 6.25. The van der Waals surface area contributed by atoms with Crippen LogP contribution in [0, 0.1) is 6.92 Å². The molecular weight excluding hydrogens is 364 g/mol. The summed E-state index contributed by atoms with van der Waals surface area (Å²) in [6, 6.07) is 13.0. The van der Waals surface area contributed by atoms with Gasteiger partial charge in [0.25, 0.3) is 0 Å². The molecule has 144 valence electrons. The van der Waals surface area contributed by atoms with Crippen molar-refractivity contribution in [3.8, 4) is 5.75 Å². The molecule has 2 amide bonds. The maximum Gasteiger partial charge on any atom is 0.228 e. The molecule has 0 radical (unpaired) electrons. The number of amides is 2. The lowest BCUT2D eigenvalue weighted by Gasteiger charge is -2.25. The molecular formula is C21H25ClN2O3. The number of rotatable bonds is 7. The van der Waals surface area contributed by atoms with Crippen LogP contribution in [-0.4, -0.2) is 32.0 Å². The van der Waals surface area contributed by atoms with E-state index < -0.39 is 0 Å². The van der Waals surface area contributed by atoms with Gasteiger partial charge in [-0.1, -0.05) is 23.7 Å². The van der Waals surface area contributed by atoms with Crippen molar-refractivity contribution in [2.75, 3.05) is 30.0 Å². The lowest BCUT2D eigenvalue weighted by atomic mass is 10.2. The fourth-order valence-electron chi connectivity index (χ4n) is 2.93. The van der Waals surface area contributed by atoms with Crippen LogP contribution in [0.1, 0.15) is 25.8 Å². The van der Waals surface area contributed by atoms with Crippen LogP contribution in [-0.2, 0) is 9.59 Å². The van der Waals surface area contributed by atoms with Crippen molar-refractivity contribution in [2.24, 2.45) is 0 Å². The van der Waals surface area contributed by atoms with E-state index in [9.17, 15) is 9.59 Å². The van der Waals surface area contributed by atoms with Gasteiger partial charge >= 0.3 is 0 Å². The number of benzene rings is 2. The van der Waals surface area contributed by atoms with Gasteiger partial charge in [0, 0.05) is 37.8 Å². The second-order valence-electron chi connectivity index (χ2n) is 6.22. The Morgan fingerprint density at radius 3 is 2.33 bits per heavy atom. The molecule has 0 aliphatic heterocycles. The van der Waals surface area contributed by atoms with Gasteiger partial charge in [0.05, 0.1) is 12.1 Å². The maximum atomic E-state index is 12.8. The van der Waals surface area contributed by atoms with Crippen molar-refractivity contribution in [2.45, 2.75) is 27.2 Å². The number of ether oxygens (including phenoxy) is 1. The van der Waals surface area contributed by atoms with E-state index in [0.29, 0.717) is 23.0 Å². The van der Waals surface area contributed by atoms with Crippen molar-refractivity contribution in [3.63, 3.8) is 0 Å². The molecule has 0 aliphatic carbocycles. The second kappa shape index (κ2) is 9.42. The molecule has 0 aliphatic rings. The van der Waals surface area contributed by atoms with Gasteiger partial charge in [-0.25, -0.2) is 0 Å². The highest BCUT2D eigenvalue weighted by molar-refractivity contribution is 6.32. The summed E-state index contributed by atoms with van der Waals surface area (Å²) in [7, 11) is 1.53. The van der Waals surface area contributed by atoms with Crippen molar-refractivity contribution >= 4 is 34.8 Å². The summed E-state index contributed by atoms with van der Waals surface area (Å²) in [4.78, 5) is 28.1. The Morgan fingerprint density at radius 2 is 1.78 bits per heavy atom. The first kappa shape index (κ1) is 20.8. The number of hydrogen-bond acceptors (Lipinski definition) is 3. The number of methoxy groups -OCH3 is 1. The van der Waals surface area contributed by atoms with Gasteiger partial charge < -0.3 is 14.5 Å². The van der Waals surface area contributed by atoms with E-state index >= 15 is 0 Å². The number of carbonyl (C=O) groups is 2. The molecule has 2 rings (SSSR count). The molecule has 0 fully saturated rings. The summed E-state index contributed by atoms with van der Waals surface area (Å²) in [5.74, 6) is 0.355. The standard InChI is InChI=1S/C21H25ClN2O3/c1-5-23(17-8-6-7-15(2)13-17)21(26)11-12-24(16(3)25)18-9-10-20(27-4)19(22)14-18/h6-10,13-14H,5,11-12H2,1-4H3. The van der Waals surface area contributed by atoms with E-state index in [1.165, 1.54) is 14.0 Å². The van der Waals surface area contributed by atoms with Crippen LogP contribution < -0.4 is 14.5 Å². The van der Waals surface area contributed by atoms with Gasteiger partial charge in [0.15, 0.2) is 0 Å². The molecule has 27 heavy (non-hydrogen) atoms. The molecule has 0 N–H and O–H groups in total. The summed E-state index contributed by atoms with van der Waals surface area (Å²) >= 11 is 6.17. The Morgan fingerprint density at radius 1 is 1.07 bits per heavy atom. The molecule has 0 unspecified atom stereocenters. The minimum Gasteiger partial charge on any atom is -0.495 e. The van der Waals surface area contributed by atoms with E-state index in [1.54, 1.807) is 28.0 Å². The van der Waals surface area contributed by atoms with E-state index in [2.05, 4.69) is 0 Å². The highest BCUT2D eigenvalue weighted by atomic mass is 35.5. The maximum absolute atomic E-state index is 12.8. The highest BCUT2D eigenvalue weighted by Gasteiger charge is 2.19. The largest absolute Gasteiger partial charge is 0.495 e. The Bertz CT molecular complexity index is 823. The van der Waals surface area contributed by atoms with Gasteiger partial charge in [-0.05, 0) is 49.7 Å². The summed E-state index contributed by atoms with van der Waals surface area (Å²) in [5.41, 5.74) is 2.60. The van der Waals surface area contributed by atoms with Crippen LogP contribution in [0.2, 0.25) is 5.02 Å². The molecule has 0 saturated carbocycles. The average Bonchev–Trinajstić information content (AvgIpc) is 2.62. The van der Waals surface area contributed by atoms with Crippen molar-refractivity contribution in [3.05, 3.63) is 53.1 Å². The Kier molecular flexibility index (Phi) is 7.25. The normalized spacial score (nSPS) is 10.4. The Balaban J connectivity index is 2.14. The Hall–Kier alpha value is -2.53. The van der Waals surface area contributed by atoms with Crippen LogP contribution in [0.25, 0.3) is 0 Å². The quantitative estimate of drug-likeness (QED) is 0.703. The van der Waals surface area contributed by atoms with Crippen LogP contribution >= 0.6 is 11.6 Å². The zero-order chi connectivity index (χ0) is 20.0. The first-order valence-corrected chi connectivity index (χ1v) is 9.23. The minimum absolute atomic E-state index is 0.0334. The molecule has 5 nitrogen and oxygen atoms in total. The third-order valence-corrected chi connectivity index (χ3v) is 4.60. The van der Waals surface area contributed by atoms with E-state index in [1.807, 2.05) is 38.1 Å². The number of halogens is 1. The third kappa shape index (κ3) is 5.23. The van der Waals surface area contributed by atoms with Crippen LogP contribution in [0.4, 0.5) is 11.4 Å². The topological polar surface area (TPSA) is 49.9 Å². The van der Waals surface area contributed by atoms with Gasteiger partial charge in [-0.15, -0.1) is 0 Å². The van der Waals surface area contributed by atoms with Gasteiger partial charge in [-0.2, -0.15) is 0 Å². The summed E-state index contributed by atoms with van der Waals surface area (Å²) in [6.07, 6.45) is 0.213. The third-order valence-electron chi connectivity index (χ3n) is 4.31. The zero-order valence-electron chi connectivity index (χ0n) is 16.2. The highest BCUT2D eigenvalue weighted by Crippen LogP contribution is 2.29. The molecule has 0 saturated heterocycles. The minimum atomic E-state index is -0.150. The first-order chi connectivity index (χ1) is 12.9. The molecule has 0 aromatic heterocycles. The average molecular weight is 389 g/mol. The molecule has 0 heterocycles. The predicted molar refractivity (Wildman–Crippen MR) is 110 cm³/mol. The van der Waals surface area contributed by atoms with Crippen LogP contribution in [0.15, 0.2) is 42.5 Å². The van der Waals surface area contributed by atoms with E-state index in [0.717, 1.165) is 11.3 Å². The van der Waals surface area contributed by atoms with Gasteiger partial charge in [-0.3, -0.25) is 9.59 Å². The van der Waals surface area contributed by atoms with Crippen molar-refractivity contribution in [1.29, 1.82) is 0 Å². The van der Waals surface area contributed by atoms with Gasteiger partial charge in [0.1, 0.15) is 5.75 Å². The number of aryl methyl sites for hydroxylation is 1. The summed E-state index contributed by atoms with van der Waals surface area (Å²) < 4.78 is 5.15. The first-order valence-electron chi connectivity index (χ1n) is 8.86. The summed E-state index contributed by atoms with van der Waals surface area (Å²) in [5, 5.41) is 0.419. The molecule has 0 bridgehead atoms. The molecule has 2 aromatic rings. The predicted octanol–water partition coefficient (Wildman–Crippen LogP) is 4.45. The monoisotopic (exact) mass is 388 g/mol. The van der Waals surface area contributed by atoms with E-state index in [-0.39, 0.29) is 24.8 Å². The smallest absolute Gasteiger partial charge is 0.228 e. The molecule has 2 aromatic carbocycles. The lowest BCUT2D eigenvalue weighted by molar-refractivity contribution is -0.118. The zero-order valence-corrected chi connectivity index (χ0v) is 16.9. The molecule has 0 spiro atoms. The second-order valence-corrected chi connectivity index (χ2v) is 6.62. The van der Waals surface area contributed by atoms with Crippen LogP contribution in [0.3, 0.4) is 0 Å². The fourth-order valence-corrected chi connectivity index (χ4v) is 3.18. The molecule has 6 heteroatoms. The fraction of sp³-hybridized carbons (Fsp3) is 0.333. The number of nitrogens with zero attached hydrogens (tertiary/aromatic N) is 2.